The Morgan fingerprint density at radius 2 is 1.72 bits per heavy atom. The molecule has 7 nitrogen and oxygen atoms in total. The molecule has 1 amide bonds. The molecular weight excluding hydrogens is 324 g/mol. The van der Waals surface area contributed by atoms with E-state index in [-0.39, 0.29) is 17.7 Å². The summed E-state index contributed by atoms with van der Waals surface area (Å²) in [6, 6.07) is 3.89. The van der Waals surface area contributed by atoms with Gasteiger partial charge in [-0.15, -0.1) is 0 Å². The van der Waals surface area contributed by atoms with Gasteiger partial charge in [-0.05, 0) is 17.7 Å². The van der Waals surface area contributed by atoms with Gasteiger partial charge in [0.2, 0.25) is 11.7 Å². The number of ether oxygens (including phenoxy) is 4. The number of hydrogen-bond donors (Lipinski definition) is 1. The Morgan fingerprint density at radius 3 is 2.28 bits per heavy atom. The fourth-order valence-electron chi connectivity index (χ4n) is 3.62. The molecule has 138 valence electrons. The third-order valence-electron chi connectivity index (χ3n) is 4.97. The molecule has 2 atom stereocenters. The number of carbonyl (C=O) groups is 1. The molecule has 25 heavy (non-hydrogen) atoms. The zero-order valence-electron chi connectivity index (χ0n) is 15.0. The normalized spacial score (nSPS) is 23.4. The molecule has 0 saturated carbocycles. The third kappa shape index (κ3) is 3.52. The molecule has 2 aliphatic rings. The largest absolute Gasteiger partial charge is 0.493 e. The predicted molar refractivity (Wildman–Crippen MR) is 92.6 cm³/mol. The maximum Gasteiger partial charge on any atom is 0.227 e. The lowest BCUT2D eigenvalue weighted by atomic mass is 9.87. The molecule has 3 rings (SSSR count). The molecule has 0 radical (unpaired) electrons. The Labute approximate surface area is 148 Å². The molecule has 0 spiro atoms. The summed E-state index contributed by atoms with van der Waals surface area (Å²) < 4.78 is 21.7. The lowest BCUT2D eigenvalue weighted by molar-refractivity contribution is -0.139. The van der Waals surface area contributed by atoms with Gasteiger partial charge >= 0.3 is 0 Å². The summed E-state index contributed by atoms with van der Waals surface area (Å²) in [4.78, 5) is 14.9. The average Bonchev–Trinajstić information content (AvgIpc) is 3.16. The Kier molecular flexibility index (Phi) is 5.65. The van der Waals surface area contributed by atoms with E-state index in [9.17, 15) is 4.79 Å². The fraction of sp³-hybridized carbons (Fsp3) is 0.611. The fourth-order valence-corrected chi connectivity index (χ4v) is 3.62. The van der Waals surface area contributed by atoms with Gasteiger partial charge in [-0.3, -0.25) is 4.79 Å². The van der Waals surface area contributed by atoms with Crippen molar-refractivity contribution in [1.29, 1.82) is 0 Å². The molecule has 2 fully saturated rings. The van der Waals surface area contributed by atoms with Gasteiger partial charge in [0.1, 0.15) is 0 Å². The van der Waals surface area contributed by atoms with Crippen molar-refractivity contribution in [3.05, 3.63) is 17.7 Å². The summed E-state index contributed by atoms with van der Waals surface area (Å²) in [6.45, 7) is 3.98. The van der Waals surface area contributed by atoms with Crippen molar-refractivity contribution >= 4 is 5.91 Å². The summed E-state index contributed by atoms with van der Waals surface area (Å²) in [5, 5.41) is 3.35. The van der Waals surface area contributed by atoms with E-state index in [0.717, 1.165) is 12.1 Å². The van der Waals surface area contributed by atoms with Crippen molar-refractivity contribution in [2.45, 2.75) is 5.92 Å². The van der Waals surface area contributed by atoms with Crippen LogP contribution in [0.15, 0.2) is 12.1 Å². The Bertz CT molecular complexity index is 590. The molecule has 2 heterocycles. The number of nitrogens with zero attached hydrogens (tertiary/aromatic N) is 1. The van der Waals surface area contributed by atoms with Crippen molar-refractivity contribution in [2.75, 3.05) is 60.7 Å². The molecule has 1 aromatic carbocycles. The van der Waals surface area contributed by atoms with Gasteiger partial charge in [-0.1, -0.05) is 0 Å². The van der Waals surface area contributed by atoms with Crippen LogP contribution in [0.25, 0.3) is 0 Å². The van der Waals surface area contributed by atoms with Crippen molar-refractivity contribution in [2.24, 2.45) is 5.92 Å². The molecule has 0 bridgehead atoms. The quantitative estimate of drug-likeness (QED) is 0.850. The van der Waals surface area contributed by atoms with E-state index in [1.54, 1.807) is 21.3 Å². The van der Waals surface area contributed by atoms with Crippen molar-refractivity contribution < 1.29 is 23.7 Å². The highest BCUT2D eigenvalue weighted by Gasteiger charge is 2.37. The predicted octanol–water partition coefficient (Wildman–Crippen LogP) is 0.874. The highest BCUT2D eigenvalue weighted by atomic mass is 16.5. The van der Waals surface area contributed by atoms with E-state index in [4.69, 9.17) is 18.9 Å². The van der Waals surface area contributed by atoms with Gasteiger partial charge in [0, 0.05) is 32.1 Å². The van der Waals surface area contributed by atoms with E-state index in [1.807, 2.05) is 17.0 Å². The number of methoxy groups -OCH3 is 3. The van der Waals surface area contributed by atoms with Crippen LogP contribution in [-0.2, 0) is 9.53 Å². The van der Waals surface area contributed by atoms with Gasteiger partial charge in [0.25, 0.3) is 0 Å². The summed E-state index contributed by atoms with van der Waals surface area (Å²) in [5.74, 6) is 1.95. The number of amides is 1. The Morgan fingerprint density at radius 1 is 1.08 bits per heavy atom. The SMILES string of the molecule is COc1cc(C2CNCC2C(=O)N2CCOCC2)cc(OC)c1OC. The Hall–Kier alpha value is -1.99. The van der Waals surface area contributed by atoms with Crippen LogP contribution in [0, 0.1) is 5.92 Å². The van der Waals surface area contributed by atoms with E-state index >= 15 is 0 Å². The van der Waals surface area contributed by atoms with Gasteiger partial charge in [-0.2, -0.15) is 0 Å². The number of carbonyl (C=O) groups excluding carboxylic acids is 1. The number of nitrogens with one attached hydrogen (secondary N) is 1. The molecule has 0 aromatic heterocycles. The second-order valence-electron chi connectivity index (χ2n) is 6.27. The number of morpholine rings is 1. The Balaban J connectivity index is 1.87. The van der Waals surface area contributed by atoms with Crippen LogP contribution < -0.4 is 19.5 Å². The minimum absolute atomic E-state index is 0.0732. The summed E-state index contributed by atoms with van der Waals surface area (Å²) in [7, 11) is 4.79. The molecule has 7 heteroatoms. The number of benzene rings is 1. The first-order valence-corrected chi connectivity index (χ1v) is 8.56. The minimum atomic E-state index is -0.0964. The topological polar surface area (TPSA) is 69.3 Å². The average molecular weight is 350 g/mol. The first-order valence-electron chi connectivity index (χ1n) is 8.56. The van der Waals surface area contributed by atoms with E-state index in [0.29, 0.717) is 50.1 Å². The van der Waals surface area contributed by atoms with Crippen molar-refractivity contribution in [1.82, 2.24) is 10.2 Å². The first-order chi connectivity index (χ1) is 12.2. The minimum Gasteiger partial charge on any atom is -0.493 e. The second-order valence-corrected chi connectivity index (χ2v) is 6.27. The van der Waals surface area contributed by atoms with Gasteiger partial charge in [0.05, 0.1) is 40.5 Å². The molecule has 2 unspecified atom stereocenters. The van der Waals surface area contributed by atoms with Crippen molar-refractivity contribution in [3.63, 3.8) is 0 Å². The van der Waals surface area contributed by atoms with E-state index < -0.39 is 0 Å². The number of hydrogen-bond acceptors (Lipinski definition) is 6. The summed E-state index contributed by atoms with van der Waals surface area (Å²) in [6.07, 6.45) is 0. The lowest BCUT2D eigenvalue weighted by Crippen LogP contribution is -2.45. The maximum atomic E-state index is 13.0. The van der Waals surface area contributed by atoms with Crippen LogP contribution in [0.5, 0.6) is 17.2 Å². The lowest BCUT2D eigenvalue weighted by Gasteiger charge is -2.31. The molecule has 2 saturated heterocycles. The van der Waals surface area contributed by atoms with Gasteiger partial charge < -0.3 is 29.2 Å². The summed E-state index contributed by atoms with van der Waals surface area (Å²) >= 11 is 0. The van der Waals surface area contributed by atoms with Crippen LogP contribution in [-0.4, -0.2) is 71.5 Å². The van der Waals surface area contributed by atoms with E-state index in [1.165, 1.54) is 0 Å². The first kappa shape index (κ1) is 17.8. The maximum absolute atomic E-state index is 13.0. The zero-order valence-corrected chi connectivity index (χ0v) is 15.0. The van der Waals surface area contributed by atoms with Crippen molar-refractivity contribution in [3.8, 4) is 17.2 Å². The molecule has 0 aliphatic carbocycles. The monoisotopic (exact) mass is 350 g/mol. The van der Waals surface area contributed by atoms with Gasteiger partial charge in [-0.25, -0.2) is 0 Å². The zero-order chi connectivity index (χ0) is 17.8. The van der Waals surface area contributed by atoms with Crippen LogP contribution in [0.2, 0.25) is 0 Å². The van der Waals surface area contributed by atoms with Crippen LogP contribution in [0.3, 0.4) is 0 Å². The third-order valence-corrected chi connectivity index (χ3v) is 4.97. The van der Waals surface area contributed by atoms with Gasteiger partial charge in [0.15, 0.2) is 11.5 Å². The highest BCUT2D eigenvalue weighted by molar-refractivity contribution is 5.81. The highest BCUT2D eigenvalue weighted by Crippen LogP contribution is 2.42. The van der Waals surface area contributed by atoms with Crippen LogP contribution in [0.4, 0.5) is 0 Å². The molecule has 2 aliphatic heterocycles. The standard InChI is InChI=1S/C18H26N2O5/c1-22-15-8-12(9-16(23-2)17(15)24-3)13-10-19-11-14(13)18(21)20-4-6-25-7-5-20/h8-9,13-14,19H,4-7,10-11H2,1-3H3. The number of rotatable bonds is 5. The smallest absolute Gasteiger partial charge is 0.227 e. The molecular formula is C18H26N2O5. The van der Waals surface area contributed by atoms with E-state index in [2.05, 4.69) is 5.32 Å². The van der Waals surface area contributed by atoms with Crippen LogP contribution >= 0.6 is 0 Å². The van der Waals surface area contributed by atoms with Crippen LogP contribution in [0.1, 0.15) is 11.5 Å². The summed E-state index contributed by atoms with van der Waals surface area (Å²) in [5.41, 5.74) is 1.02. The molecule has 1 aromatic rings. The molecule has 1 N–H and O–H groups in total. The second kappa shape index (κ2) is 7.93.